The Bertz CT molecular complexity index is 309. The molecule has 1 aromatic heterocycles. The molecule has 0 aromatic carbocycles. The summed E-state index contributed by atoms with van der Waals surface area (Å²) in [5.74, 6) is 0. The van der Waals surface area contributed by atoms with E-state index < -0.39 is 0 Å². The number of nitrogens with zero attached hydrogens (tertiary/aromatic N) is 1. The van der Waals surface area contributed by atoms with Crippen molar-refractivity contribution in [1.82, 2.24) is 5.32 Å². The molecule has 0 saturated carbocycles. The molecule has 0 bridgehead atoms. The highest BCUT2D eigenvalue weighted by Crippen LogP contribution is 2.19. The second kappa shape index (κ2) is 5.89. The van der Waals surface area contributed by atoms with Gasteiger partial charge in [0.15, 0.2) is 0 Å². The van der Waals surface area contributed by atoms with Gasteiger partial charge in [-0.3, -0.25) is 0 Å². The highest BCUT2D eigenvalue weighted by Gasteiger charge is 2.15. The summed E-state index contributed by atoms with van der Waals surface area (Å²) in [4.78, 5) is 1.37. The van der Waals surface area contributed by atoms with Gasteiger partial charge in [0.1, 0.15) is 0 Å². The van der Waals surface area contributed by atoms with E-state index in [2.05, 4.69) is 28.9 Å². The van der Waals surface area contributed by atoms with E-state index >= 15 is 0 Å². The minimum Gasteiger partial charge on any atom is -0.312 e. The molecular formula is C12H18N2S. The molecule has 1 N–H and O–H groups in total. The van der Waals surface area contributed by atoms with Crippen molar-refractivity contribution in [2.24, 2.45) is 5.41 Å². The van der Waals surface area contributed by atoms with Crippen molar-refractivity contribution < 1.29 is 0 Å². The van der Waals surface area contributed by atoms with Crippen LogP contribution in [0.5, 0.6) is 0 Å². The van der Waals surface area contributed by atoms with Crippen LogP contribution in [0.2, 0.25) is 0 Å². The maximum absolute atomic E-state index is 8.83. The summed E-state index contributed by atoms with van der Waals surface area (Å²) in [6.45, 7) is 5.92. The maximum Gasteiger partial charge on any atom is 0.0683 e. The number of hydrogen-bond acceptors (Lipinski definition) is 3. The molecular weight excluding hydrogens is 204 g/mol. The number of nitriles is 1. The van der Waals surface area contributed by atoms with Crippen LogP contribution in [-0.2, 0) is 6.54 Å². The van der Waals surface area contributed by atoms with Gasteiger partial charge in [-0.15, -0.1) is 11.3 Å². The monoisotopic (exact) mass is 222 g/mol. The summed E-state index contributed by atoms with van der Waals surface area (Å²) < 4.78 is 0. The Kier molecular flexibility index (Phi) is 4.80. The van der Waals surface area contributed by atoms with Crippen molar-refractivity contribution in [3.05, 3.63) is 22.4 Å². The highest BCUT2D eigenvalue weighted by atomic mass is 32.1. The summed E-state index contributed by atoms with van der Waals surface area (Å²) in [6.07, 6.45) is 2.02. The van der Waals surface area contributed by atoms with E-state index in [1.807, 2.05) is 13.8 Å². The SMILES string of the molecule is CC(C)(C#N)CCCNCc1cccs1. The lowest BCUT2D eigenvalue weighted by Crippen LogP contribution is -2.17. The molecule has 3 heteroatoms. The van der Waals surface area contributed by atoms with Gasteiger partial charge in [0.2, 0.25) is 0 Å². The Labute approximate surface area is 95.9 Å². The lowest BCUT2D eigenvalue weighted by atomic mass is 9.90. The Morgan fingerprint density at radius 1 is 1.53 bits per heavy atom. The highest BCUT2D eigenvalue weighted by molar-refractivity contribution is 7.09. The fourth-order valence-electron chi connectivity index (χ4n) is 1.34. The fraction of sp³-hybridized carbons (Fsp3) is 0.583. The van der Waals surface area contributed by atoms with Gasteiger partial charge in [-0.25, -0.2) is 0 Å². The average molecular weight is 222 g/mol. The smallest absolute Gasteiger partial charge is 0.0683 e. The van der Waals surface area contributed by atoms with Gasteiger partial charge in [-0.2, -0.15) is 5.26 Å². The third kappa shape index (κ3) is 4.96. The molecule has 0 aliphatic heterocycles. The van der Waals surface area contributed by atoms with Crippen molar-refractivity contribution in [2.45, 2.75) is 33.2 Å². The van der Waals surface area contributed by atoms with E-state index in [0.717, 1.165) is 25.9 Å². The summed E-state index contributed by atoms with van der Waals surface area (Å²) in [7, 11) is 0. The molecule has 0 aliphatic rings. The van der Waals surface area contributed by atoms with E-state index in [9.17, 15) is 0 Å². The molecule has 0 radical (unpaired) electrons. The number of hydrogen-bond donors (Lipinski definition) is 1. The number of rotatable bonds is 6. The van der Waals surface area contributed by atoms with E-state index in [4.69, 9.17) is 5.26 Å². The van der Waals surface area contributed by atoms with E-state index in [1.54, 1.807) is 11.3 Å². The van der Waals surface area contributed by atoms with Crippen molar-refractivity contribution in [3.8, 4) is 6.07 Å². The Balaban J connectivity index is 2.06. The maximum atomic E-state index is 8.83. The molecule has 0 spiro atoms. The molecule has 2 nitrogen and oxygen atoms in total. The van der Waals surface area contributed by atoms with Crippen LogP contribution >= 0.6 is 11.3 Å². The zero-order chi connectivity index (χ0) is 11.1. The zero-order valence-corrected chi connectivity index (χ0v) is 10.2. The number of nitrogens with one attached hydrogen (secondary N) is 1. The lowest BCUT2D eigenvalue weighted by Gasteiger charge is -2.14. The molecule has 1 heterocycles. The van der Waals surface area contributed by atoms with E-state index in [1.165, 1.54) is 4.88 Å². The van der Waals surface area contributed by atoms with Crippen LogP contribution in [0.3, 0.4) is 0 Å². The molecule has 82 valence electrons. The van der Waals surface area contributed by atoms with Gasteiger partial charge in [0.05, 0.1) is 11.5 Å². The molecule has 0 aliphatic carbocycles. The van der Waals surface area contributed by atoms with Crippen LogP contribution in [0.4, 0.5) is 0 Å². The lowest BCUT2D eigenvalue weighted by molar-refractivity contribution is 0.426. The quantitative estimate of drug-likeness (QED) is 0.750. The van der Waals surface area contributed by atoms with Crippen molar-refractivity contribution in [3.63, 3.8) is 0 Å². The first-order valence-electron chi connectivity index (χ1n) is 5.28. The van der Waals surface area contributed by atoms with E-state index in [0.29, 0.717) is 0 Å². The minimum absolute atomic E-state index is 0.176. The largest absolute Gasteiger partial charge is 0.312 e. The average Bonchev–Trinajstić information content (AvgIpc) is 2.70. The predicted molar refractivity (Wildman–Crippen MR) is 64.7 cm³/mol. The van der Waals surface area contributed by atoms with Crippen LogP contribution in [0.15, 0.2) is 17.5 Å². The van der Waals surface area contributed by atoms with Gasteiger partial charge < -0.3 is 5.32 Å². The second-order valence-corrected chi connectivity index (χ2v) is 5.39. The van der Waals surface area contributed by atoms with Crippen LogP contribution in [0, 0.1) is 16.7 Å². The standard InChI is InChI=1S/C12H18N2S/c1-12(2,10-13)6-4-7-14-9-11-5-3-8-15-11/h3,5,8,14H,4,6-7,9H2,1-2H3. The molecule has 0 fully saturated rings. The van der Waals surface area contributed by atoms with Crippen molar-refractivity contribution in [2.75, 3.05) is 6.54 Å². The van der Waals surface area contributed by atoms with Crippen LogP contribution in [0.25, 0.3) is 0 Å². The summed E-state index contributed by atoms with van der Waals surface area (Å²) in [5, 5.41) is 14.3. The molecule has 15 heavy (non-hydrogen) atoms. The molecule has 1 aromatic rings. The summed E-state index contributed by atoms with van der Waals surface area (Å²) in [5.41, 5.74) is -0.176. The minimum atomic E-state index is -0.176. The van der Waals surface area contributed by atoms with Crippen LogP contribution < -0.4 is 5.32 Å². The van der Waals surface area contributed by atoms with Gasteiger partial charge >= 0.3 is 0 Å². The zero-order valence-electron chi connectivity index (χ0n) is 9.42. The van der Waals surface area contributed by atoms with Crippen LogP contribution in [0.1, 0.15) is 31.6 Å². The molecule has 0 unspecified atom stereocenters. The first-order chi connectivity index (χ1) is 7.14. The third-order valence-electron chi connectivity index (χ3n) is 2.34. The fourth-order valence-corrected chi connectivity index (χ4v) is 2.01. The van der Waals surface area contributed by atoms with Crippen molar-refractivity contribution >= 4 is 11.3 Å². The molecule has 0 amide bonds. The Morgan fingerprint density at radius 2 is 2.33 bits per heavy atom. The Hall–Kier alpha value is -0.850. The van der Waals surface area contributed by atoms with Gasteiger partial charge in [-0.05, 0) is 44.7 Å². The topological polar surface area (TPSA) is 35.8 Å². The summed E-state index contributed by atoms with van der Waals surface area (Å²) in [6, 6.07) is 6.53. The van der Waals surface area contributed by atoms with Gasteiger partial charge in [0, 0.05) is 11.4 Å². The first-order valence-corrected chi connectivity index (χ1v) is 6.16. The molecule has 0 saturated heterocycles. The van der Waals surface area contributed by atoms with Crippen molar-refractivity contribution in [1.29, 1.82) is 5.26 Å². The Morgan fingerprint density at radius 3 is 2.93 bits per heavy atom. The van der Waals surface area contributed by atoms with Gasteiger partial charge in [-0.1, -0.05) is 6.07 Å². The van der Waals surface area contributed by atoms with E-state index in [-0.39, 0.29) is 5.41 Å². The normalized spacial score (nSPS) is 11.3. The van der Waals surface area contributed by atoms with Crippen LogP contribution in [-0.4, -0.2) is 6.54 Å². The number of thiophene rings is 1. The third-order valence-corrected chi connectivity index (χ3v) is 3.21. The first kappa shape index (κ1) is 12.2. The summed E-state index contributed by atoms with van der Waals surface area (Å²) >= 11 is 1.78. The molecule has 1 rings (SSSR count). The molecule has 0 atom stereocenters. The van der Waals surface area contributed by atoms with Gasteiger partial charge in [0.25, 0.3) is 0 Å². The second-order valence-electron chi connectivity index (χ2n) is 4.36. The predicted octanol–water partition coefficient (Wildman–Crippen LogP) is 3.17.